The fraction of sp³-hybridized carbons (Fsp3) is 0.250. The average Bonchev–Trinajstić information content (AvgIpc) is 2.90. The van der Waals surface area contributed by atoms with Gasteiger partial charge in [0.15, 0.2) is 0 Å². The first-order valence-electron chi connectivity index (χ1n) is 7.17. The Hall–Kier alpha value is -2.54. The highest BCUT2D eigenvalue weighted by molar-refractivity contribution is 7.24. The zero-order chi connectivity index (χ0) is 17.0. The fourth-order valence-electron chi connectivity index (χ4n) is 1.93. The number of fused-ring (bicyclic) bond motifs is 1. The molecule has 0 fully saturated rings. The molecule has 2 N–H and O–H groups in total. The normalized spacial score (nSPS) is 10.3. The number of ketones is 2. The highest BCUT2D eigenvalue weighted by Gasteiger charge is 2.21. The molecular weight excluding hydrogens is 316 g/mol. The Kier molecular flexibility index (Phi) is 5.23. The molecule has 2 rings (SSSR count). The molecule has 0 spiro atoms. The van der Waals surface area contributed by atoms with Gasteiger partial charge in [0.2, 0.25) is 11.6 Å². The minimum absolute atomic E-state index is 0.0872. The number of benzene rings is 1. The number of hydrogen-bond donors (Lipinski definition) is 2. The van der Waals surface area contributed by atoms with Gasteiger partial charge in [-0.05, 0) is 6.07 Å². The standard InChI is InChI=1S/C16H16N2O4S/c1-3-10(19)14(21)17-13-9-7-5-6-8-12(9)23-16(13)18-15(22)11(20)4-2/h5-8H,3-4H2,1-2H3,(H,17,21)(H,18,22). The number of Topliss-reactive ketones (excluding diaryl/α,β-unsaturated/α-hetero) is 2. The minimum atomic E-state index is -0.742. The first-order valence-corrected chi connectivity index (χ1v) is 7.99. The Morgan fingerprint density at radius 3 is 2.09 bits per heavy atom. The van der Waals surface area contributed by atoms with Crippen LogP contribution in [0.3, 0.4) is 0 Å². The van der Waals surface area contributed by atoms with E-state index in [1.165, 1.54) is 11.3 Å². The zero-order valence-corrected chi connectivity index (χ0v) is 13.6. The zero-order valence-electron chi connectivity index (χ0n) is 12.8. The van der Waals surface area contributed by atoms with E-state index in [0.717, 1.165) is 4.70 Å². The van der Waals surface area contributed by atoms with Crippen LogP contribution in [-0.2, 0) is 19.2 Å². The second-order valence-electron chi connectivity index (χ2n) is 4.76. The van der Waals surface area contributed by atoms with Gasteiger partial charge in [0, 0.05) is 22.9 Å². The summed E-state index contributed by atoms with van der Waals surface area (Å²) < 4.78 is 0.825. The van der Waals surface area contributed by atoms with Gasteiger partial charge in [0.25, 0.3) is 11.8 Å². The van der Waals surface area contributed by atoms with Crippen molar-refractivity contribution in [3.63, 3.8) is 0 Å². The molecule has 0 saturated heterocycles. The monoisotopic (exact) mass is 332 g/mol. The number of hydrogen-bond acceptors (Lipinski definition) is 5. The van der Waals surface area contributed by atoms with Crippen LogP contribution >= 0.6 is 11.3 Å². The van der Waals surface area contributed by atoms with Crippen molar-refractivity contribution in [2.75, 3.05) is 10.6 Å². The molecule has 0 radical (unpaired) electrons. The van der Waals surface area contributed by atoms with E-state index in [0.29, 0.717) is 16.1 Å². The number of thiophene rings is 1. The summed E-state index contributed by atoms with van der Waals surface area (Å²) in [5, 5.41) is 6.11. The van der Waals surface area contributed by atoms with Crippen LogP contribution in [0, 0.1) is 0 Å². The van der Waals surface area contributed by atoms with Crippen molar-refractivity contribution < 1.29 is 19.2 Å². The number of nitrogens with one attached hydrogen (secondary N) is 2. The molecule has 2 aromatic rings. The third-order valence-electron chi connectivity index (χ3n) is 3.21. The van der Waals surface area contributed by atoms with Gasteiger partial charge in [-0.15, -0.1) is 11.3 Å². The van der Waals surface area contributed by atoms with Crippen LogP contribution in [0.4, 0.5) is 10.7 Å². The Morgan fingerprint density at radius 2 is 1.48 bits per heavy atom. The van der Waals surface area contributed by atoms with E-state index in [4.69, 9.17) is 0 Å². The molecule has 0 aliphatic heterocycles. The summed E-state index contributed by atoms with van der Waals surface area (Å²) in [5.41, 5.74) is 0.342. The van der Waals surface area contributed by atoms with Crippen LogP contribution < -0.4 is 10.6 Å². The maximum Gasteiger partial charge on any atom is 0.292 e. The molecule has 23 heavy (non-hydrogen) atoms. The molecule has 1 heterocycles. The summed E-state index contributed by atoms with van der Waals surface area (Å²) in [4.78, 5) is 46.7. The maximum absolute atomic E-state index is 11.9. The van der Waals surface area contributed by atoms with Crippen LogP contribution in [0.1, 0.15) is 26.7 Å². The van der Waals surface area contributed by atoms with Gasteiger partial charge in [-0.25, -0.2) is 0 Å². The molecule has 120 valence electrons. The molecule has 1 aromatic carbocycles. The summed E-state index contributed by atoms with van der Waals surface area (Å²) >= 11 is 1.23. The fourth-order valence-corrected chi connectivity index (χ4v) is 2.99. The number of rotatable bonds is 6. The van der Waals surface area contributed by atoms with Crippen molar-refractivity contribution in [3.8, 4) is 0 Å². The van der Waals surface area contributed by atoms with E-state index in [2.05, 4.69) is 10.6 Å². The molecule has 0 atom stereocenters. The molecule has 0 saturated carbocycles. The highest BCUT2D eigenvalue weighted by atomic mass is 32.1. The maximum atomic E-state index is 11.9. The average molecular weight is 332 g/mol. The van der Waals surface area contributed by atoms with Gasteiger partial charge in [0.05, 0.1) is 5.69 Å². The molecule has 0 aliphatic carbocycles. The first-order chi connectivity index (χ1) is 11.0. The van der Waals surface area contributed by atoms with Crippen molar-refractivity contribution >= 4 is 55.5 Å². The quantitative estimate of drug-likeness (QED) is 0.796. The van der Waals surface area contributed by atoms with Gasteiger partial charge in [-0.3, -0.25) is 19.2 Å². The smallest absolute Gasteiger partial charge is 0.292 e. The molecule has 7 heteroatoms. The lowest BCUT2D eigenvalue weighted by molar-refractivity contribution is -0.134. The predicted octanol–water partition coefficient (Wildman–Crippen LogP) is 2.74. The Labute approximate surface area is 136 Å². The number of carbonyl (C=O) groups excluding carboxylic acids is 4. The van der Waals surface area contributed by atoms with Crippen LogP contribution in [0.25, 0.3) is 10.1 Å². The Balaban J connectivity index is 2.41. The summed E-state index contributed by atoms with van der Waals surface area (Å²) in [6, 6.07) is 7.21. The van der Waals surface area contributed by atoms with Crippen LogP contribution in [0.15, 0.2) is 24.3 Å². The molecule has 2 amide bonds. The first kappa shape index (κ1) is 16.8. The lowest BCUT2D eigenvalue weighted by atomic mass is 10.2. The molecule has 6 nitrogen and oxygen atoms in total. The Bertz CT molecular complexity index is 794. The van der Waals surface area contributed by atoms with E-state index in [1.807, 2.05) is 12.1 Å². The lowest BCUT2D eigenvalue weighted by Crippen LogP contribution is -2.24. The molecule has 0 aliphatic rings. The summed E-state index contributed by atoms with van der Waals surface area (Å²) in [6.07, 6.45) is 0.177. The van der Waals surface area contributed by atoms with E-state index in [1.54, 1.807) is 26.0 Å². The van der Waals surface area contributed by atoms with Crippen LogP contribution in [-0.4, -0.2) is 23.4 Å². The number of anilines is 2. The number of carbonyl (C=O) groups is 4. The van der Waals surface area contributed by atoms with Gasteiger partial charge >= 0.3 is 0 Å². The number of amides is 2. The lowest BCUT2D eigenvalue weighted by Gasteiger charge is -2.07. The van der Waals surface area contributed by atoms with Crippen LogP contribution in [0.5, 0.6) is 0 Å². The summed E-state index contributed by atoms with van der Waals surface area (Å²) in [6.45, 7) is 3.19. The van der Waals surface area contributed by atoms with Gasteiger partial charge < -0.3 is 10.6 Å². The van der Waals surface area contributed by atoms with E-state index in [-0.39, 0.29) is 12.8 Å². The SMILES string of the molecule is CCC(=O)C(=O)Nc1sc2ccccc2c1NC(=O)C(=O)CC. The largest absolute Gasteiger partial charge is 0.316 e. The molecule has 0 unspecified atom stereocenters. The molecular formula is C16H16N2O4S. The van der Waals surface area contributed by atoms with Crippen molar-refractivity contribution in [1.82, 2.24) is 0 Å². The molecule has 0 bridgehead atoms. The van der Waals surface area contributed by atoms with Crippen LogP contribution in [0.2, 0.25) is 0 Å². The molecule has 1 aromatic heterocycles. The van der Waals surface area contributed by atoms with Gasteiger partial charge in [-0.2, -0.15) is 0 Å². The topological polar surface area (TPSA) is 92.3 Å². The summed E-state index contributed by atoms with van der Waals surface area (Å²) in [7, 11) is 0. The highest BCUT2D eigenvalue weighted by Crippen LogP contribution is 2.40. The van der Waals surface area contributed by atoms with Gasteiger partial charge in [0.1, 0.15) is 5.00 Å². The van der Waals surface area contributed by atoms with E-state index < -0.39 is 23.4 Å². The van der Waals surface area contributed by atoms with Crippen molar-refractivity contribution in [3.05, 3.63) is 24.3 Å². The Morgan fingerprint density at radius 1 is 0.913 bits per heavy atom. The second kappa shape index (κ2) is 7.15. The summed E-state index contributed by atoms with van der Waals surface area (Å²) in [5.74, 6) is -2.59. The van der Waals surface area contributed by atoms with Crippen molar-refractivity contribution in [2.24, 2.45) is 0 Å². The van der Waals surface area contributed by atoms with Crippen molar-refractivity contribution in [1.29, 1.82) is 0 Å². The predicted molar refractivity (Wildman–Crippen MR) is 89.7 cm³/mol. The third kappa shape index (κ3) is 3.62. The second-order valence-corrected chi connectivity index (χ2v) is 5.82. The van der Waals surface area contributed by atoms with Gasteiger partial charge in [-0.1, -0.05) is 32.0 Å². The van der Waals surface area contributed by atoms with E-state index in [9.17, 15) is 19.2 Å². The third-order valence-corrected chi connectivity index (χ3v) is 4.30. The van der Waals surface area contributed by atoms with Crippen molar-refractivity contribution in [2.45, 2.75) is 26.7 Å². The minimum Gasteiger partial charge on any atom is -0.316 e. The van der Waals surface area contributed by atoms with E-state index >= 15 is 0 Å².